The van der Waals surface area contributed by atoms with Crippen LogP contribution in [0.1, 0.15) is 50.2 Å². The van der Waals surface area contributed by atoms with E-state index in [-0.39, 0.29) is 17.4 Å². The molecule has 38 heavy (non-hydrogen) atoms. The molecule has 0 radical (unpaired) electrons. The van der Waals surface area contributed by atoms with Crippen LogP contribution in [-0.2, 0) is 12.8 Å². The molecule has 4 aromatic carbocycles. The number of aryl methyl sites for hydroxylation is 2. The molecule has 6 heteroatoms. The van der Waals surface area contributed by atoms with Crippen LogP contribution in [0.4, 0.5) is 17.6 Å². The van der Waals surface area contributed by atoms with Gasteiger partial charge in [0.25, 0.3) is 0 Å². The standard InChI is InChI=1S/C32H32F4O2/c1-2-3-4-5-6-19-37-27-16-18-28(30(33)21-27)24-13-17-29-25(20-24)12-11-23(31(29)34)10-7-22-8-14-26(15-9-22)38-32(35)36/h8-9,11-18,20-21,32H,2-7,10,19H2,1H3. The molecule has 4 aromatic rings. The number of unbranched alkanes of at least 4 members (excludes halogenated alkanes) is 4. The largest absolute Gasteiger partial charge is 0.493 e. The van der Waals surface area contributed by atoms with Crippen molar-refractivity contribution >= 4 is 10.8 Å². The zero-order valence-corrected chi connectivity index (χ0v) is 21.5. The van der Waals surface area contributed by atoms with Crippen molar-refractivity contribution in [2.24, 2.45) is 0 Å². The van der Waals surface area contributed by atoms with Crippen molar-refractivity contribution in [1.82, 2.24) is 0 Å². The zero-order chi connectivity index (χ0) is 26.9. The summed E-state index contributed by atoms with van der Waals surface area (Å²) in [5, 5.41) is 1.15. The molecule has 0 aliphatic carbocycles. The quantitative estimate of drug-likeness (QED) is 0.128. The second-order valence-electron chi connectivity index (χ2n) is 9.40. The molecule has 200 valence electrons. The summed E-state index contributed by atoms with van der Waals surface area (Å²) in [6.45, 7) is -0.125. The normalized spacial score (nSPS) is 11.3. The van der Waals surface area contributed by atoms with Crippen molar-refractivity contribution in [3.63, 3.8) is 0 Å². The SMILES string of the molecule is CCCCCCCOc1ccc(-c2ccc3c(F)c(CCc4ccc(OC(F)F)cc4)ccc3c2)c(F)c1. The van der Waals surface area contributed by atoms with Gasteiger partial charge in [-0.1, -0.05) is 69.0 Å². The number of benzene rings is 4. The summed E-state index contributed by atoms with van der Waals surface area (Å²) in [6, 6.07) is 20.0. The molecule has 2 nitrogen and oxygen atoms in total. The van der Waals surface area contributed by atoms with Crippen LogP contribution in [0.3, 0.4) is 0 Å². The first-order valence-corrected chi connectivity index (χ1v) is 13.1. The van der Waals surface area contributed by atoms with Gasteiger partial charge in [-0.25, -0.2) is 8.78 Å². The Labute approximate surface area is 221 Å². The molecule has 0 aliphatic heterocycles. The summed E-state index contributed by atoms with van der Waals surface area (Å²) in [6.07, 6.45) is 6.65. The highest BCUT2D eigenvalue weighted by Gasteiger charge is 2.12. The van der Waals surface area contributed by atoms with E-state index in [9.17, 15) is 13.2 Å². The van der Waals surface area contributed by atoms with Gasteiger partial charge >= 0.3 is 6.61 Å². The summed E-state index contributed by atoms with van der Waals surface area (Å²) in [5.74, 6) is -0.0907. The average molecular weight is 525 g/mol. The summed E-state index contributed by atoms with van der Waals surface area (Å²) < 4.78 is 64.9. The molecule has 0 bridgehead atoms. The van der Waals surface area contributed by atoms with E-state index in [2.05, 4.69) is 11.7 Å². The lowest BCUT2D eigenvalue weighted by atomic mass is 9.97. The maximum atomic E-state index is 15.3. The summed E-state index contributed by atoms with van der Waals surface area (Å²) in [7, 11) is 0. The third kappa shape index (κ3) is 7.27. The first-order valence-electron chi connectivity index (χ1n) is 13.1. The summed E-state index contributed by atoms with van der Waals surface area (Å²) in [5.41, 5.74) is 2.55. The predicted octanol–water partition coefficient (Wildman–Crippen LogP) is 9.52. The number of hydrogen-bond acceptors (Lipinski definition) is 2. The van der Waals surface area contributed by atoms with E-state index < -0.39 is 6.61 Å². The van der Waals surface area contributed by atoms with Gasteiger partial charge in [0.1, 0.15) is 23.1 Å². The van der Waals surface area contributed by atoms with E-state index in [1.165, 1.54) is 37.5 Å². The Morgan fingerprint density at radius 2 is 1.50 bits per heavy atom. The van der Waals surface area contributed by atoms with Gasteiger partial charge in [-0.15, -0.1) is 0 Å². The van der Waals surface area contributed by atoms with E-state index in [4.69, 9.17) is 4.74 Å². The van der Waals surface area contributed by atoms with Gasteiger partial charge in [-0.05, 0) is 71.7 Å². The number of rotatable bonds is 13. The smallest absolute Gasteiger partial charge is 0.387 e. The van der Waals surface area contributed by atoms with Gasteiger partial charge in [0.05, 0.1) is 6.61 Å². The molecule has 0 N–H and O–H groups in total. The van der Waals surface area contributed by atoms with Gasteiger partial charge in [-0.2, -0.15) is 8.78 Å². The predicted molar refractivity (Wildman–Crippen MR) is 144 cm³/mol. The number of ether oxygens (including phenoxy) is 2. The van der Waals surface area contributed by atoms with Gasteiger partial charge < -0.3 is 9.47 Å². The Hall–Kier alpha value is -3.54. The van der Waals surface area contributed by atoms with E-state index >= 15 is 4.39 Å². The Kier molecular flexibility index (Phi) is 9.63. The molecule has 0 aliphatic rings. The minimum Gasteiger partial charge on any atom is -0.493 e. The zero-order valence-electron chi connectivity index (χ0n) is 21.5. The van der Waals surface area contributed by atoms with Crippen molar-refractivity contribution in [3.05, 3.63) is 95.6 Å². The van der Waals surface area contributed by atoms with Crippen LogP contribution >= 0.6 is 0 Å². The Bertz CT molecular complexity index is 1340. The molecule has 0 saturated heterocycles. The molecular weight excluding hydrogens is 492 g/mol. The van der Waals surface area contributed by atoms with Crippen molar-refractivity contribution in [2.75, 3.05) is 6.61 Å². The molecular formula is C32H32F4O2. The van der Waals surface area contributed by atoms with Crippen LogP contribution in [0.15, 0.2) is 72.8 Å². The van der Waals surface area contributed by atoms with E-state index in [0.29, 0.717) is 52.7 Å². The Balaban J connectivity index is 1.41. The molecule has 0 saturated carbocycles. The van der Waals surface area contributed by atoms with Crippen LogP contribution in [0.2, 0.25) is 0 Å². The van der Waals surface area contributed by atoms with Crippen LogP contribution < -0.4 is 9.47 Å². The van der Waals surface area contributed by atoms with Crippen molar-refractivity contribution < 1.29 is 27.0 Å². The first-order chi connectivity index (χ1) is 18.4. The molecule has 0 heterocycles. The molecule has 0 unspecified atom stereocenters. The molecule has 0 aromatic heterocycles. The highest BCUT2D eigenvalue weighted by molar-refractivity contribution is 5.88. The highest BCUT2D eigenvalue weighted by atomic mass is 19.3. The lowest BCUT2D eigenvalue weighted by molar-refractivity contribution is -0.0498. The van der Waals surface area contributed by atoms with E-state index in [0.717, 1.165) is 18.4 Å². The van der Waals surface area contributed by atoms with E-state index in [1.807, 2.05) is 6.07 Å². The van der Waals surface area contributed by atoms with Crippen molar-refractivity contribution in [3.8, 4) is 22.6 Å². The van der Waals surface area contributed by atoms with E-state index in [1.54, 1.807) is 48.5 Å². The average Bonchev–Trinajstić information content (AvgIpc) is 2.91. The second-order valence-corrected chi connectivity index (χ2v) is 9.40. The van der Waals surface area contributed by atoms with Crippen LogP contribution in [-0.4, -0.2) is 13.2 Å². The van der Waals surface area contributed by atoms with Gasteiger partial charge in [0, 0.05) is 17.0 Å². The van der Waals surface area contributed by atoms with Crippen LogP contribution in [0, 0.1) is 11.6 Å². The van der Waals surface area contributed by atoms with Gasteiger partial charge in [-0.3, -0.25) is 0 Å². The molecule has 0 spiro atoms. The fourth-order valence-electron chi connectivity index (χ4n) is 4.53. The minimum absolute atomic E-state index is 0.0906. The van der Waals surface area contributed by atoms with Crippen molar-refractivity contribution in [1.29, 1.82) is 0 Å². The molecule has 4 rings (SSSR count). The first kappa shape index (κ1) is 27.5. The third-order valence-corrected chi connectivity index (χ3v) is 6.63. The van der Waals surface area contributed by atoms with Crippen molar-refractivity contribution in [2.45, 2.75) is 58.5 Å². The lowest BCUT2D eigenvalue weighted by Gasteiger charge is -2.11. The van der Waals surface area contributed by atoms with Gasteiger partial charge in [0.15, 0.2) is 0 Å². The lowest BCUT2D eigenvalue weighted by Crippen LogP contribution is -2.02. The third-order valence-electron chi connectivity index (χ3n) is 6.63. The maximum absolute atomic E-state index is 15.3. The number of hydrogen-bond donors (Lipinski definition) is 0. The van der Waals surface area contributed by atoms with Crippen LogP contribution in [0.5, 0.6) is 11.5 Å². The Morgan fingerprint density at radius 1 is 0.737 bits per heavy atom. The van der Waals surface area contributed by atoms with Crippen LogP contribution in [0.25, 0.3) is 21.9 Å². The molecule has 0 fully saturated rings. The Morgan fingerprint density at radius 3 is 2.24 bits per heavy atom. The fourth-order valence-corrected chi connectivity index (χ4v) is 4.53. The number of fused-ring (bicyclic) bond motifs is 1. The maximum Gasteiger partial charge on any atom is 0.387 e. The number of halogens is 4. The fraction of sp³-hybridized carbons (Fsp3) is 0.312. The monoisotopic (exact) mass is 524 g/mol. The number of alkyl halides is 2. The summed E-state index contributed by atoms with van der Waals surface area (Å²) in [4.78, 5) is 0. The summed E-state index contributed by atoms with van der Waals surface area (Å²) >= 11 is 0. The second kappa shape index (κ2) is 13.3. The minimum atomic E-state index is -2.87. The highest BCUT2D eigenvalue weighted by Crippen LogP contribution is 2.31. The molecule has 0 atom stereocenters. The van der Waals surface area contributed by atoms with Gasteiger partial charge in [0.2, 0.25) is 0 Å². The molecule has 0 amide bonds. The topological polar surface area (TPSA) is 18.5 Å².